The summed E-state index contributed by atoms with van der Waals surface area (Å²) in [4.78, 5) is 12.3. The van der Waals surface area contributed by atoms with Gasteiger partial charge in [0.05, 0.1) is 0 Å². The molecule has 1 rings (SSSR count). The summed E-state index contributed by atoms with van der Waals surface area (Å²) in [5, 5.41) is 11.8. The summed E-state index contributed by atoms with van der Waals surface area (Å²) in [7, 11) is 0. The summed E-state index contributed by atoms with van der Waals surface area (Å²) in [6.07, 6.45) is 4.53. The van der Waals surface area contributed by atoms with E-state index in [4.69, 9.17) is 5.11 Å². The highest BCUT2D eigenvalue weighted by Gasteiger charge is 2.10. The van der Waals surface area contributed by atoms with Gasteiger partial charge < -0.3 is 10.4 Å². The lowest BCUT2D eigenvalue weighted by atomic mass is 10.0. The second kappa shape index (κ2) is 9.20. The Morgan fingerprint density at radius 3 is 2.76 bits per heavy atom. The standard InChI is InChI=1S/C18H25NO2/c1-4-5-6-8-15(3)19-18(21)17-12-14(2)11-16(13-17)9-7-10-20/h11-13,15,20H,4-6,8,10H2,1-3H3,(H,19,21). The molecule has 21 heavy (non-hydrogen) atoms. The van der Waals surface area contributed by atoms with E-state index in [0.29, 0.717) is 5.56 Å². The molecular weight excluding hydrogens is 262 g/mol. The fraction of sp³-hybridized carbons (Fsp3) is 0.500. The monoisotopic (exact) mass is 287 g/mol. The molecule has 1 atom stereocenters. The molecule has 1 unspecified atom stereocenters. The van der Waals surface area contributed by atoms with Crippen LogP contribution < -0.4 is 5.32 Å². The van der Waals surface area contributed by atoms with E-state index in [0.717, 1.165) is 24.0 Å². The zero-order chi connectivity index (χ0) is 15.7. The van der Waals surface area contributed by atoms with Gasteiger partial charge in [-0.25, -0.2) is 0 Å². The van der Waals surface area contributed by atoms with Crippen LogP contribution in [-0.2, 0) is 0 Å². The highest BCUT2D eigenvalue weighted by Crippen LogP contribution is 2.10. The van der Waals surface area contributed by atoms with E-state index in [2.05, 4.69) is 24.1 Å². The molecule has 2 N–H and O–H groups in total. The van der Waals surface area contributed by atoms with Gasteiger partial charge in [-0.3, -0.25) is 4.79 Å². The molecule has 0 fully saturated rings. The largest absolute Gasteiger partial charge is 0.384 e. The fourth-order valence-corrected chi connectivity index (χ4v) is 2.21. The van der Waals surface area contributed by atoms with Crippen LogP contribution in [0.4, 0.5) is 0 Å². The van der Waals surface area contributed by atoms with Crippen molar-refractivity contribution in [2.24, 2.45) is 0 Å². The molecule has 0 aliphatic carbocycles. The normalized spacial score (nSPS) is 11.4. The van der Waals surface area contributed by atoms with E-state index in [-0.39, 0.29) is 18.6 Å². The summed E-state index contributed by atoms with van der Waals surface area (Å²) in [5.74, 6) is 5.39. The van der Waals surface area contributed by atoms with Gasteiger partial charge in [-0.2, -0.15) is 0 Å². The van der Waals surface area contributed by atoms with Crippen LogP contribution >= 0.6 is 0 Å². The van der Waals surface area contributed by atoms with Crippen molar-refractivity contribution in [2.75, 3.05) is 6.61 Å². The number of benzene rings is 1. The predicted molar refractivity (Wildman–Crippen MR) is 86.2 cm³/mol. The second-order valence-electron chi connectivity index (χ2n) is 5.42. The Morgan fingerprint density at radius 2 is 2.10 bits per heavy atom. The van der Waals surface area contributed by atoms with Crippen LogP contribution in [0, 0.1) is 18.8 Å². The Kier molecular flexibility index (Phi) is 7.56. The van der Waals surface area contributed by atoms with Gasteiger partial charge in [0.1, 0.15) is 6.61 Å². The Balaban J connectivity index is 2.71. The van der Waals surface area contributed by atoms with Crippen molar-refractivity contribution in [2.45, 2.75) is 52.5 Å². The molecule has 0 aromatic heterocycles. The lowest BCUT2D eigenvalue weighted by Crippen LogP contribution is -2.32. The Hall–Kier alpha value is -1.79. The van der Waals surface area contributed by atoms with Gasteiger partial charge in [0.2, 0.25) is 0 Å². The van der Waals surface area contributed by atoms with E-state index in [1.807, 2.05) is 26.0 Å². The van der Waals surface area contributed by atoms with Crippen molar-refractivity contribution in [3.8, 4) is 11.8 Å². The van der Waals surface area contributed by atoms with E-state index in [1.54, 1.807) is 6.07 Å². The van der Waals surface area contributed by atoms with Gasteiger partial charge in [-0.1, -0.05) is 38.0 Å². The van der Waals surface area contributed by atoms with Crippen LogP contribution in [0.1, 0.15) is 61.0 Å². The molecule has 0 radical (unpaired) electrons. The number of carbonyl (C=O) groups is 1. The first-order valence-electron chi connectivity index (χ1n) is 7.59. The molecule has 1 aromatic carbocycles. The van der Waals surface area contributed by atoms with Gasteiger partial charge in [-0.15, -0.1) is 0 Å². The highest BCUT2D eigenvalue weighted by molar-refractivity contribution is 5.95. The van der Waals surface area contributed by atoms with Gasteiger partial charge in [-0.05, 0) is 44.0 Å². The van der Waals surface area contributed by atoms with Crippen molar-refractivity contribution in [1.29, 1.82) is 0 Å². The maximum Gasteiger partial charge on any atom is 0.251 e. The summed E-state index contributed by atoms with van der Waals surface area (Å²) < 4.78 is 0. The van der Waals surface area contributed by atoms with Crippen LogP contribution in [0.2, 0.25) is 0 Å². The maximum absolute atomic E-state index is 12.3. The molecule has 1 amide bonds. The first-order valence-corrected chi connectivity index (χ1v) is 7.59. The molecule has 0 aliphatic rings. The summed E-state index contributed by atoms with van der Waals surface area (Å²) in [6, 6.07) is 5.71. The number of hydrogen-bond acceptors (Lipinski definition) is 2. The van der Waals surface area contributed by atoms with Crippen molar-refractivity contribution >= 4 is 5.91 Å². The zero-order valence-electron chi connectivity index (χ0n) is 13.2. The number of aliphatic hydroxyl groups excluding tert-OH is 1. The van der Waals surface area contributed by atoms with Crippen LogP contribution in [0.3, 0.4) is 0 Å². The number of carbonyl (C=O) groups excluding carboxylic acids is 1. The molecule has 1 aromatic rings. The fourth-order valence-electron chi connectivity index (χ4n) is 2.21. The molecular formula is C18H25NO2. The van der Waals surface area contributed by atoms with E-state index >= 15 is 0 Å². The van der Waals surface area contributed by atoms with Crippen LogP contribution in [0.5, 0.6) is 0 Å². The van der Waals surface area contributed by atoms with Gasteiger partial charge >= 0.3 is 0 Å². The van der Waals surface area contributed by atoms with Gasteiger partial charge in [0.15, 0.2) is 0 Å². The third kappa shape index (κ3) is 6.46. The van der Waals surface area contributed by atoms with Gasteiger partial charge in [0.25, 0.3) is 5.91 Å². The summed E-state index contributed by atoms with van der Waals surface area (Å²) in [6.45, 7) is 5.97. The van der Waals surface area contributed by atoms with Crippen LogP contribution in [0.15, 0.2) is 18.2 Å². The third-order valence-corrected chi connectivity index (χ3v) is 3.27. The summed E-state index contributed by atoms with van der Waals surface area (Å²) >= 11 is 0. The molecule has 0 heterocycles. The average molecular weight is 287 g/mol. The quantitative estimate of drug-likeness (QED) is 0.624. The molecule has 0 saturated heterocycles. The zero-order valence-corrected chi connectivity index (χ0v) is 13.2. The molecule has 3 heteroatoms. The minimum atomic E-state index is -0.177. The molecule has 3 nitrogen and oxygen atoms in total. The second-order valence-corrected chi connectivity index (χ2v) is 5.42. The van der Waals surface area contributed by atoms with Crippen LogP contribution in [-0.4, -0.2) is 23.7 Å². The first-order chi connectivity index (χ1) is 10.1. The number of rotatable bonds is 6. The number of aryl methyl sites for hydroxylation is 1. The Labute approximate surface area is 127 Å². The van der Waals surface area contributed by atoms with Crippen LogP contribution in [0.25, 0.3) is 0 Å². The number of hydrogen-bond donors (Lipinski definition) is 2. The average Bonchev–Trinajstić information content (AvgIpc) is 2.44. The Morgan fingerprint density at radius 1 is 1.33 bits per heavy atom. The van der Waals surface area contributed by atoms with Crippen molar-refractivity contribution in [1.82, 2.24) is 5.32 Å². The minimum absolute atomic E-state index is 0.0604. The number of aliphatic hydroxyl groups is 1. The van der Waals surface area contributed by atoms with Crippen molar-refractivity contribution in [3.63, 3.8) is 0 Å². The lowest BCUT2D eigenvalue weighted by Gasteiger charge is -2.14. The third-order valence-electron chi connectivity index (χ3n) is 3.27. The lowest BCUT2D eigenvalue weighted by molar-refractivity contribution is 0.0938. The summed E-state index contributed by atoms with van der Waals surface area (Å²) in [5.41, 5.74) is 2.37. The number of amides is 1. The number of unbranched alkanes of at least 4 members (excludes halogenated alkanes) is 2. The molecule has 0 spiro atoms. The van der Waals surface area contributed by atoms with Crippen molar-refractivity contribution < 1.29 is 9.90 Å². The molecule has 114 valence electrons. The highest BCUT2D eigenvalue weighted by atomic mass is 16.2. The first kappa shape index (κ1) is 17.3. The smallest absolute Gasteiger partial charge is 0.251 e. The Bertz CT molecular complexity index is 526. The molecule has 0 aliphatic heterocycles. The van der Waals surface area contributed by atoms with E-state index < -0.39 is 0 Å². The minimum Gasteiger partial charge on any atom is -0.384 e. The SMILES string of the molecule is CCCCCC(C)NC(=O)c1cc(C)cc(C#CCO)c1. The van der Waals surface area contributed by atoms with Gasteiger partial charge in [0, 0.05) is 17.2 Å². The maximum atomic E-state index is 12.3. The van der Waals surface area contributed by atoms with E-state index in [1.165, 1.54) is 12.8 Å². The topological polar surface area (TPSA) is 49.3 Å². The van der Waals surface area contributed by atoms with E-state index in [9.17, 15) is 4.79 Å². The van der Waals surface area contributed by atoms with Crippen molar-refractivity contribution in [3.05, 3.63) is 34.9 Å². The predicted octanol–water partition coefficient (Wildman–Crippen LogP) is 3.04. The molecule has 0 bridgehead atoms. The number of nitrogens with one attached hydrogen (secondary N) is 1. The molecule has 0 saturated carbocycles.